The molecule has 0 aliphatic carbocycles. The number of methoxy groups -OCH3 is 1. The van der Waals surface area contributed by atoms with Crippen LogP contribution in [0.4, 0.5) is 10.1 Å². The Balaban J connectivity index is 2.14. The third kappa shape index (κ3) is 3.05. The van der Waals surface area contributed by atoms with E-state index in [1.54, 1.807) is 0 Å². The van der Waals surface area contributed by atoms with E-state index in [4.69, 9.17) is 13.9 Å². The molecule has 2 aromatic rings. The second-order valence-corrected chi connectivity index (χ2v) is 6.78. The minimum absolute atomic E-state index is 0.00616. The van der Waals surface area contributed by atoms with Gasteiger partial charge in [0.1, 0.15) is 18.2 Å². The fourth-order valence-corrected chi connectivity index (χ4v) is 2.52. The van der Waals surface area contributed by atoms with Crippen molar-refractivity contribution in [2.45, 2.75) is 26.2 Å². The summed E-state index contributed by atoms with van der Waals surface area (Å²) in [6.45, 7) is 5.44. The first kappa shape index (κ1) is 17.2. The molecule has 0 unspecified atom stereocenters. The minimum Gasteiger partial charge on any atom is -0.481 e. The molecule has 2 heterocycles. The highest BCUT2D eigenvalue weighted by Crippen LogP contribution is 2.35. The van der Waals surface area contributed by atoms with Crippen molar-refractivity contribution in [2.75, 3.05) is 25.3 Å². The summed E-state index contributed by atoms with van der Waals surface area (Å²) in [6, 6.07) is 2.53. The van der Waals surface area contributed by atoms with Crippen molar-refractivity contribution in [3.05, 3.63) is 40.5 Å². The van der Waals surface area contributed by atoms with Gasteiger partial charge in [0.15, 0.2) is 12.4 Å². The molecule has 134 valence electrons. The van der Waals surface area contributed by atoms with E-state index in [0.29, 0.717) is 11.4 Å². The number of hydrogen-bond donors (Lipinski definition) is 0. The number of ether oxygens (including phenoxy) is 2. The topological polar surface area (TPSA) is 73.9 Å². The molecule has 1 aliphatic rings. The lowest BCUT2D eigenvalue weighted by molar-refractivity contribution is -0.122. The minimum atomic E-state index is -0.704. The van der Waals surface area contributed by atoms with E-state index in [0.717, 1.165) is 10.6 Å². The second-order valence-electron chi connectivity index (χ2n) is 6.78. The number of carbonyl (C=O) groups excluding carboxylic acids is 1. The van der Waals surface area contributed by atoms with Gasteiger partial charge < -0.3 is 13.9 Å². The Bertz CT molecular complexity index is 878. The molecule has 0 saturated carbocycles. The number of nitrogens with zero attached hydrogens (tertiary/aromatic N) is 2. The molecule has 1 aliphatic heterocycles. The van der Waals surface area contributed by atoms with Crippen molar-refractivity contribution in [3.8, 4) is 11.4 Å². The van der Waals surface area contributed by atoms with E-state index in [1.807, 2.05) is 20.8 Å². The summed E-state index contributed by atoms with van der Waals surface area (Å²) in [6.07, 6.45) is 1.46. The molecule has 0 fully saturated rings. The molecule has 0 bridgehead atoms. The molecule has 0 atom stereocenters. The van der Waals surface area contributed by atoms with Gasteiger partial charge in [0, 0.05) is 18.6 Å². The molecule has 1 aromatic carbocycles. The number of rotatable bonds is 3. The Hall–Kier alpha value is -2.61. The maximum Gasteiger partial charge on any atom is 0.423 e. The van der Waals surface area contributed by atoms with Crippen LogP contribution in [0, 0.1) is 5.82 Å². The van der Waals surface area contributed by atoms with E-state index < -0.39 is 17.0 Å². The SMILES string of the molecule is COCN1C(=O)COc2cc(F)c(-n3cc(C(C)(C)C)oc3=O)cc21. The van der Waals surface area contributed by atoms with Crippen LogP contribution in [0.1, 0.15) is 26.5 Å². The predicted octanol–water partition coefficient (Wildman–Crippen LogP) is 2.20. The number of halogens is 1. The van der Waals surface area contributed by atoms with Crippen molar-refractivity contribution in [2.24, 2.45) is 0 Å². The van der Waals surface area contributed by atoms with Crippen molar-refractivity contribution in [1.82, 2.24) is 4.57 Å². The lowest BCUT2D eigenvalue weighted by Gasteiger charge is -2.29. The average Bonchev–Trinajstić information content (AvgIpc) is 2.92. The summed E-state index contributed by atoms with van der Waals surface area (Å²) < 4.78 is 31.2. The van der Waals surface area contributed by atoms with E-state index in [9.17, 15) is 14.0 Å². The highest BCUT2D eigenvalue weighted by molar-refractivity contribution is 5.98. The standard InChI is InChI=1S/C17H19FN2O5/c1-17(2,3)14-7-19(16(22)25-14)11-6-12-13(5-10(11)18)24-8-15(21)20(12)9-23-4/h5-7H,8-9H2,1-4H3. The summed E-state index contributed by atoms with van der Waals surface area (Å²) >= 11 is 0. The monoisotopic (exact) mass is 350 g/mol. The Labute approximate surface area is 143 Å². The van der Waals surface area contributed by atoms with Crippen LogP contribution >= 0.6 is 0 Å². The van der Waals surface area contributed by atoms with Gasteiger partial charge in [-0.15, -0.1) is 0 Å². The largest absolute Gasteiger partial charge is 0.481 e. The molecule has 1 amide bonds. The fraction of sp³-hybridized carbons (Fsp3) is 0.412. The summed E-state index contributed by atoms with van der Waals surface area (Å²) in [5.41, 5.74) is -0.0988. The summed E-state index contributed by atoms with van der Waals surface area (Å²) in [5, 5.41) is 0. The third-order valence-corrected chi connectivity index (χ3v) is 3.87. The molecular formula is C17H19FN2O5. The number of oxazole rings is 1. The van der Waals surface area contributed by atoms with Crippen LogP contribution in [0.2, 0.25) is 0 Å². The van der Waals surface area contributed by atoms with Gasteiger partial charge in [0.25, 0.3) is 5.91 Å². The zero-order chi connectivity index (χ0) is 18.4. The molecule has 25 heavy (non-hydrogen) atoms. The number of carbonyl (C=O) groups is 1. The second kappa shape index (κ2) is 6.03. The van der Waals surface area contributed by atoms with Gasteiger partial charge in [0.05, 0.1) is 17.6 Å². The maximum absolute atomic E-state index is 14.5. The van der Waals surface area contributed by atoms with Crippen LogP contribution < -0.4 is 15.4 Å². The maximum atomic E-state index is 14.5. The predicted molar refractivity (Wildman–Crippen MR) is 87.8 cm³/mol. The van der Waals surface area contributed by atoms with Gasteiger partial charge in [-0.25, -0.2) is 13.8 Å². The van der Waals surface area contributed by atoms with Crippen LogP contribution in [0.5, 0.6) is 5.75 Å². The molecule has 0 N–H and O–H groups in total. The first-order valence-corrected chi connectivity index (χ1v) is 7.71. The quantitative estimate of drug-likeness (QED) is 0.848. The van der Waals surface area contributed by atoms with Gasteiger partial charge >= 0.3 is 5.76 Å². The average molecular weight is 350 g/mol. The van der Waals surface area contributed by atoms with Gasteiger partial charge in [-0.3, -0.25) is 9.69 Å². The number of hydrogen-bond acceptors (Lipinski definition) is 5. The van der Waals surface area contributed by atoms with Gasteiger partial charge in [-0.05, 0) is 6.07 Å². The molecule has 0 spiro atoms. The lowest BCUT2D eigenvalue weighted by atomic mass is 9.94. The fourth-order valence-electron chi connectivity index (χ4n) is 2.52. The lowest BCUT2D eigenvalue weighted by Crippen LogP contribution is -2.40. The summed E-state index contributed by atoms with van der Waals surface area (Å²) in [4.78, 5) is 25.5. The normalized spacial score (nSPS) is 14.4. The Kier molecular flexibility index (Phi) is 4.16. The van der Waals surface area contributed by atoms with Crippen molar-refractivity contribution >= 4 is 11.6 Å². The number of fused-ring (bicyclic) bond motifs is 1. The van der Waals surface area contributed by atoms with Gasteiger partial charge in [-0.1, -0.05) is 20.8 Å². The zero-order valence-electron chi connectivity index (χ0n) is 14.5. The smallest absolute Gasteiger partial charge is 0.423 e. The number of amides is 1. The number of aromatic nitrogens is 1. The van der Waals surface area contributed by atoms with Crippen molar-refractivity contribution in [3.63, 3.8) is 0 Å². The van der Waals surface area contributed by atoms with Crippen LogP contribution in [0.15, 0.2) is 27.5 Å². The third-order valence-electron chi connectivity index (χ3n) is 3.87. The first-order valence-electron chi connectivity index (χ1n) is 7.71. The highest BCUT2D eigenvalue weighted by Gasteiger charge is 2.29. The Morgan fingerprint density at radius 1 is 1.24 bits per heavy atom. The molecule has 3 rings (SSSR count). The Morgan fingerprint density at radius 3 is 2.56 bits per heavy atom. The van der Waals surface area contributed by atoms with Crippen LogP contribution in [-0.4, -0.2) is 30.9 Å². The van der Waals surface area contributed by atoms with Crippen LogP contribution in [0.25, 0.3) is 5.69 Å². The molecule has 0 radical (unpaired) electrons. The zero-order valence-corrected chi connectivity index (χ0v) is 14.5. The van der Waals surface area contributed by atoms with Crippen molar-refractivity contribution < 1.29 is 23.1 Å². The van der Waals surface area contributed by atoms with Crippen LogP contribution in [-0.2, 0) is 14.9 Å². The van der Waals surface area contributed by atoms with Gasteiger partial charge in [-0.2, -0.15) is 0 Å². The summed E-state index contributed by atoms with van der Waals surface area (Å²) in [5.74, 6) is -1.04. The van der Waals surface area contributed by atoms with E-state index >= 15 is 0 Å². The van der Waals surface area contributed by atoms with E-state index in [2.05, 4.69) is 0 Å². The molecule has 1 aromatic heterocycles. The first-order chi connectivity index (χ1) is 11.7. The van der Waals surface area contributed by atoms with Crippen LogP contribution in [0.3, 0.4) is 0 Å². The highest BCUT2D eigenvalue weighted by atomic mass is 19.1. The summed E-state index contributed by atoms with van der Waals surface area (Å²) in [7, 11) is 1.45. The molecule has 7 nitrogen and oxygen atoms in total. The number of anilines is 1. The molecule has 0 saturated heterocycles. The number of benzene rings is 1. The molecular weight excluding hydrogens is 331 g/mol. The van der Waals surface area contributed by atoms with Crippen molar-refractivity contribution in [1.29, 1.82) is 0 Å². The van der Waals surface area contributed by atoms with E-state index in [1.165, 1.54) is 24.3 Å². The molecule has 8 heteroatoms. The Morgan fingerprint density at radius 2 is 1.96 bits per heavy atom. The van der Waals surface area contributed by atoms with E-state index in [-0.39, 0.29) is 30.7 Å². The van der Waals surface area contributed by atoms with Gasteiger partial charge in [0.2, 0.25) is 0 Å².